The lowest BCUT2D eigenvalue weighted by molar-refractivity contribution is 0.191. The van der Waals surface area contributed by atoms with Crippen LogP contribution in [0.25, 0.3) is 0 Å². The van der Waals surface area contributed by atoms with E-state index >= 15 is 0 Å². The summed E-state index contributed by atoms with van der Waals surface area (Å²) >= 11 is 1.70. The molecule has 1 aliphatic rings. The largest absolute Gasteiger partial charge is 0.392 e. The van der Waals surface area contributed by atoms with Crippen molar-refractivity contribution in [1.82, 2.24) is 15.5 Å². The van der Waals surface area contributed by atoms with Gasteiger partial charge in [-0.15, -0.1) is 11.8 Å². The second-order valence-electron chi connectivity index (χ2n) is 4.95. The van der Waals surface area contributed by atoms with Gasteiger partial charge < -0.3 is 14.9 Å². The van der Waals surface area contributed by atoms with Gasteiger partial charge in [0.1, 0.15) is 0 Å². The molecule has 3 rings (SSSR count). The van der Waals surface area contributed by atoms with E-state index in [0.717, 1.165) is 0 Å². The first-order chi connectivity index (χ1) is 9.72. The smallest absolute Gasteiger partial charge is 0.243 e. The Balaban J connectivity index is 1.62. The molecule has 1 fully saturated rings. The predicted molar refractivity (Wildman–Crippen MR) is 76.4 cm³/mol. The molecule has 0 spiro atoms. The van der Waals surface area contributed by atoms with Crippen LogP contribution in [0.1, 0.15) is 29.7 Å². The van der Waals surface area contributed by atoms with Gasteiger partial charge in [-0.25, -0.2) is 0 Å². The molecule has 2 heterocycles. The van der Waals surface area contributed by atoms with E-state index in [2.05, 4.69) is 34.5 Å². The van der Waals surface area contributed by atoms with E-state index in [1.54, 1.807) is 11.8 Å². The lowest BCUT2D eigenvalue weighted by Gasteiger charge is -2.02. The monoisotopic (exact) mass is 291 g/mol. The van der Waals surface area contributed by atoms with Crippen LogP contribution in [0.3, 0.4) is 0 Å². The maximum Gasteiger partial charge on any atom is 0.243 e. The molecule has 2 N–H and O–H groups in total. The Morgan fingerprint density at radius 3 is 3.05 bits per heavy atom. The van der Waals surface area contributed by atoms with E-state index in [4.69, 9.17) is 4.52 Å². The van der Waals surface area contributed by atoms with Crippen LogP contribution in [0.5, 0.6) is 0 Å². The van der Waals surface area contributed by atoms with E-state index in [9.17, 15) is 5.11 Å². The number of rotatable bonds is 4. The molecule has 106 valence electrons. The molecule has 1 saturated heterocycles. The van der Waals surface area contributed by atoms with Crippen LogP contribution in [0, 0.1) is 6.92 Å². The first kappa shape index (κ1) is 13.6. The van der Waals surface area contributed by atoms with Crippen molar-refractivity contribution < 1.29 is 9.63 Å². The number of hydrogen-bond acceptors (Lipinski definition) is 6. The molecule has 0 bridgehead atoms. The fourth-order valence-corrected chi connectivity index (χ4v) is 3.11. The Labute approximate surface area is 121 Å². The van der Waals surface area contributed by atoms with E-state index in [1.165, 1.54) is 10.5 Å². The van der Waals surface area contributed by atoms with Gasteiger partial charge in [0.25, 0.3) is 0 Å². The topological polar surface area (TPSA) is 71.2 Å². The van der Waals surface area contributed by atoms with Gasteiger partial charge in [0.15, 0.2) is 5.82 Å². The van der Waals surface area contributed by atoms with Gasteiger partial charge >= 0.3 is 0 Å². The Hall–Kier alpha value is -1.37. The van der Waals surface area contributed by atoms with Gasteiger partial charge in [-0.1, -0.05) is 23.4 Å². The molecular weight excluding hydrogens is 274 g/mol. The maximum atomic E-state index is 9.49. The molecule has 1 aromatic carbocycles. The summed E-state index contributed by atoms with van der Waals surface area (Å²) in [5.74, 6) is 1.95. The quantitative estimate of drug-likeness (QED) is 0.840. The highest BCUT2D eigenvalue weighted by atomic mass is 32.2. The average molecular weight is 291 g/mol. The van der Waals surface area contributed by atoms with Crippen molar-refractivity contribution in [3.8, 4) is 0 Å². The summed E-state index contributed by atoms with van der Waals surface area (Å²) in [6.45, 7) is 2.67. The number of β-amino-alcohol motifs (C(OH)–C–C–N with tert-alkyl or cyclic N) is 1. The molecule has 0 unspecified atom stereocenters. The summed E-state index contributed by atoms with van der Waals surface area (Å²) < 4.78 is 5.27. The Bertz CT molecular complexity index is 587. The number of thioether (sulfide) groups is 1. The molecule has 0 saturated carbocycles. The third-order valence-corrected chi connectivity index (χ3v) is 4.51. The van der Waals surface area contributed by atoms with Gasteiger partial charge in [-0.2, -0.15) is 4.98 Å². The van der Waals surface area contributed by atoms with Gasteiger partial charge in [0, 0.05) is 11.4 Å². The third kappa shape index (κ3) is 3.03. The van der Waals surface area contributed by atoms with Crippen LogP contribution < -0.4 is 5.32 Å². The van der Waals surface area contributed by atoms with Gasteiger partial charge in [0.2, 0.25) is 5.89 Å². The molecule has 6 heteroatoms. The number of nitrogens with zero attached hydrogens (tertiary/aromatic N) is 2. The normalized spacial score (nSPS) is 22.3. The van der Waals surface area contributed by atoms with E-state index in [0.29, 0.717) is 30.4 Å². The van der Waals surface area contributed by atoms with Crippen LogP contribution in [-0.2, 0) is 5.75 Å². The van der Waals surface area contributed by atoms with Gasteiger partial charge in [0.05, 0.1) is 17.9 Å². The fraction of sp³-hybridized carbons (Fsp3) is 0.429. The summed E-state index contributed by atoms with van der Waals surface area (Å²) in [4.78, 5) is 5.63. The summed E-state index contributed by atoms with van der Waals surface area (Å²) in [6, 6.07) is 8.22. The summed E-state index contributed by atoms with van der Waals surface area (Å²) in [5.41, 5.74) is 1.25. The highest BCUT2D eigenvalue weighted by molar-refractivity contribution is 7.98. The minimum Gasteiger partial charge on any atom is -0.392 e. The average Bonchev–Trinajstić information content (AvgIpc) is 3.06. The SMILES string of the molecule is Cc1ccccc1SCc1noc([C@@H]2C[C@H](O)CN2)n1. The second-order valence-corrected chi connectivity index (χ2v) is 5.97. The van der Waals surface area contributed by atoms with Crippen LogP contribution in [0.2, 0.25) is 0 Å². The lowest BCUT2D eigenvalue weighted by Crippen LogP contribution is -2.15. The summed E-state index contributed by atoms with van der Waals surface area (Å²) in [7, 11) is 0. The zero-order valence-corrected chi connectivity index (χ0v) is 12.1. The molecule has 1 aromatic heterocycles. The van der Waals surface area contributed by atoms with Crippen molar-refractivity contribution in [2.45, 2.75) is 36.1 Å². The Morgan fingerprint density at radius 1 is 1.45 bits per heavy atom. The van der Waals surface area contributed by atoms with E-state index in [-0.39, 0.29) is 12.1 Å². The molecule has 0 radical (unpaired) electrons. The molecule has 5 nitrogen and oxygen atoms in total. The molecule has 0 amide bonds. The van der Waals surface area contributed by atoms with Crippen LogP contribution in [-0.4, -0.2) is 27.9 Å². The van der Waals surface area contributed by atoms with Crippen molar-refractivity contribution in [2.24, 2.45) is 0 Å². The van der Waals surface area contributed by atoms with Crippen LogP contribution in [0.4, 0.5) is 0 Å². The number of benzene rings is 1. The third-order valence-electron chi connectivity index (χ3n) is 3.34. The minimum atomic E-state index is -0.323. The predicted octanol–water partition coefficient (Wildman–Crippen LogP) is 2.07. The first-order valence-corrected chi connectivity index (χ1v) is 7.63. The van der Waals surface area contributed by atoms with E-state index < -0.39 is 0 Å². The standard InChI is InChI=1S/C14H17N3O2S/c1-9-4-2-3-5-12(9)20-8-13-16-14(19-17-13)11-6-10(18)7-15-11/h2-5,10-11,15,18H,6-8H2,1H3/t10-,11-/m0/s1. The number of aromatic nitrogens is 2. The number of aryl methyl sites for hydroxylation is 1. The molecule has 2 aromatic rings. The highest BCUT2D eigenvalue weighted by Gasteiger charge is 2.27. The van der Waals surface area contributed by atoms with Crippen molar-refractivity contribution in [3.63, 3.8) is 0 Å². The number of nitrogens with one attached hydrogen (secondary N) is 1. The first-order valence-electron chi connectivity index (χ1n) is 6.65. The van der Waals surface area contributed by atoms with Crippen molar-refractivity contribution in [3.05, 3.63) is 41.5 Å². The molecule has 0 aliphatic carbocycles. The van der Waals surface area contributed by atoms with Crippen molar-refractivity contribution >= 4 is 11.8 Å². The number of hydrogen-bond donors (Lipinski definition) is 2. The molecular formula is C14H17N3O2S. The summed E-state index contributed by atoms with van der Waals surface area (Å²) in [5, 5.41) is 16.7. The van der Waals surface area contributed by atoms with Crippen LogP contribution >= 0.6 is 11.8 Å². The molecule has 1 aliphatic heterocycles. The fourth-order valence-electron chi connectivity index (χ4n) is 2.23. The minimum absolute atomic E-state index is 0.0188. The second kappa shape index (κ2) is 5.95. The molecule has 2 atom stereocenters. The summed E-state index contributed by atoms with van der Waals surface area (Å²) in [6.07, 6.45) is 0.309. The Morgan fingerprint density at radius 2 is 2.30 bits per heavy atom. The molecule has 20 heavy (non-hydrogen) atoms. The van der Waals surface area contributed by atoms with Crippen molar-refractivity contribution in [1.29, 1.82) is 0 Å². The van der Waals surface area contributed by atoms with Gasteiger partial charge in [-0.3, -0.25) is 0 Å². The lowest BCUT2D eigenvalue weighted by atomic mass is 10.2. The van der Waals surface area contributed by atoms with E-state index in [1.807, 2.05) is 12.1 Å². The zero-order chi connectivity index (χ0) is 13.9. The number of aliphatic hydroxyl groups excluding tert-OH is 1. The Kier molecular flexibility index (Phi) is 4.05. The zero-order valence-electron chi connectivity index (χ0n) is 11.2. The van der Waals surface area contributed by atoms with Gasteiger partial charge in [-0.05, 0) is 25.0 Å². The van der Waals surface area contributed by atoms with Crippen LogP contribution in [0.15, 0.2) is 33.7 Å². The number of aliphatic hydroxyl groups is 1. The van der Waals surface area contributed by atoms with Crippen molar-refractivity contribution in [2.75, 3.05) is 6.54 Å². The maximum absolute atomic E-state index is 9.49. The highest BCUT2D eigenvalue weighted by Crippen LogP contribution is 2.26.